The molecule has 0 radical (unpaired) electrons. The van der Waals surface area contributed by atoms with Gasteiger partial charge in [-0.05, 0) is 33.9 Å². The van der Waals surface area contributed by atoms with E-state index in [2.05, 4.69) is 4.90 Å². The Balaban J connectivity index is 3.07. The summed E-state index contributed by atoms with van der Waals surface area (Å²) in [5.41, 5.74) is 6.42. The van der Waals surface area contributed by atoms with Crippen molar-refractivity contribution in [2.24, 2.45) is 5.73 Å². The molecule has 2 unspecified atom stereocenters. The van der Waals surface area contributed by atoms with Gasteiger partial charge in [0.1, 0.15) is 5.75 Å². The lowest BCUT2D eigenvalue weighted by Gasteiger charge is -2.35. The number of ether oxygens (including phenoxy) is 1. The van der Waals surface area contributed by atoms with Crippen LogP contribution in [0.5, 0.6) is 5.75 Å². The maximum Gasteiger partial charge on any atom is 0.123 e. The smallest absolute Gasteiger partial charge is 0.123 e. The van der Waals surface area contributed by atoms with Crippen LogP contribution < -0.4 is 10.5 Å². The van der Waals surface area contributed by atoms with Crippen LogP contribution in [-0.2, 0) is 0 Å². The van der Waals surface area contributed by atoms with Crippen molar-refractivity contribution in [1.29, 1.82) is 0 Å². The third kappa shape index (κ3) is 4.49. The topological polar surface area (TPSA) is 58.7 Å². The van der Waals surface area contributed by atoms with E-state index in [9.17, 15) is 5.11 Å². The molecule has 0 saturated heterocycles. The fourth-order valence-electron chi connectivity index (χ4n) is 2.54. The maximum atomic E-state index is 9.98. The van der Waals surface area contributed by atoms with Gasteiger partial charge >= 0.3 is 0 Å². The first-order valence-electron chi connectivity index (χ1n) is 6.57. The monoisotopic (exact) mass is 266 g/mol. The van der Waals surface area contributed by atoms with E-state index < -0.39 is 5.60 Å². The summed E-state index contributed by atoms with van der Waals surface area (Å²) in [6.07, 6.45) is 0. The SMILES string of the molecule is COc1ccccc1C(C(C)N)N(C)CC(C)(C)O. The van der Waals surface area contributed by atoms with E-state index in [0.29, 0.717) is 6.54 Å². The molecule has 0 bridgehead atoms. The Morgan fingerprint density at radius 2 is 1.95 bits per heavy atom. The summed E-state index contributed by atoms with van der Waals surface area (Å²) in [5.74, 6) is 0.826. The molecule has 0 aromatic heterocycles. The zero-order valence-electron chi connectivity index (χ0n) is 12.6. The molecule has 4 heteroatoms. The number of nitrogens with two attached hydrogens (primary N) is 1. The van der Waals surface area contributed by atoms with E-state index in [-0.39, 0.29) is 12.1 Å². The molecule has 19 heavy (non-hydrogen) atoms. The molecule has 0 amide bonds. The number of hydrogen-bond donors (Lipinski definition) is 2. The minimum absolute atomic E-state index is 0.00238. The Morgan fingerprint density at radius 3 is 2.42 bits per heavy atom. The fourth-order valence-corrected chi connectivity index (χ4v) is 2.54. The average Bonchev–Trinajstić information content (AvgIpc) is 2.26. The molecule has 3 N–H and O–H groups in total. The minimum Gasteiger partial charge on any atom is -0.496 e. The molecular weight excluding hydrogens is 240 g/mol. The van der Waals surface area contributed by atoms with Gasteiger partial charge in [-0.15, -0.1) is 0 Å². The van der Waals surface area contributed by atoms with Crippen molar-refractivity contribution in [1.82, 2.24) is 4.90 Å². The summed E-state index contributed by atoms with van der Waals surface area (Å²) in [4.78, 5) is 2.07. The van der Waals surface area contributed by atoms with Crippen LogP contribution in [-0.4, -0.2) is 42.4 Å². The maximum absolute atomic E-state index is 9.98. The van der Waals surface area contributed by atoms with Crippen molar-refractivity contribution in [2.75, 3.05) is 20.7 Å². The molecule has 4 nitrogen and oxygen atoms in total. The molecule has 0 spiro atoms. The molecule has 0 fully saturated rings. The van der Waals surface area contributed by atoms with Crippen molar-refractivity contribution < 1.29 is 9.84 Å². The molecule has 0 saturated carbocycles. The number of nitrogens with zero attached hydrogens (tertiary/aromatic N) is 1. The van der Waals surface area contributed by atoms with Crippen molar-refractivity contribution in [3.8, 4) is 5.75 Å². The number of aliphatic hydroxyl groups is 1. The van der Waals surface area contributed by atoms with Crippen LogP contribution in [0.1, 0.15) is 32.4 Å². The normalized spacial score (nSPS) is 15.4. The summed E-state index contributed by atoms with van der Waals surface area (Å²) in [5, 5.41) is 9.98. The van der Waals surface area contributed by atoms with Crippen LogP contribution in [0.4, 0.5) is 0 Å². The Kier molecular flexibility index (Phi) is 5.35. The van der Waals surface area contributed by atoms with E-state index >= 15 is 0 Å². The average molecular weight is 266 g/mol. The Hall–Kier alpha value is -1.10. The van der Waals surface area contributed by atoms with Gasteiger partial charge in [-0.3, -0.25) is 4.90 Å². The molecule has 108 valence electrons. The zero-order chi connectivity index (χ0) is 14.6. The molecule has 0 heterocycles. The highest BCUT2D eigenvalue weighted by atomic mass is 16.5. The minimum atomic E-state index is -0.760. The Bertz CT molecular complexity index is 399. The van der Waals surface area contributed by atoms with E-state index in [4.69, 9.17) is 10.5 Å². The van der Waals surface area contributed by atoms with Crippen LogP contribution in [0.2, 0.25) is 0 Å². The lowest BCUT2D eigenvalue weighted by molar-refractivity contribution is 0.0274. The second kappa shape index (κ2) is 6.37. The summed E-state index contributed by atoms with van der Waals surface area (Å²) in [6, 6.07) is 7.81. The standard InChI is InChI=1S/C15H26N2O2/c1-11(16)14(17(4)10-15(2,3)18)12-8-6-7-9-13(12)19-5/h6-9,11,14,18H,10,16H2,1-5H3. The highest BCUT2D eigenvalue weighted by molar-refractivity contribution is 5.36. The van der Waals surface area contributed by atoms with Crippen LogP contribution in [0, 0.1) is 0 Å². The first-order valence-corrected chi connectivity index (χ1v) is 6.57. The summed E-state index contributed by atoms with van der Waals surface area (Å²) in [7, 11) is 3.63. The van der Waals surface area contributed by atoms with Crippen molar-refractivity contribution in [3.05, 3.63) is 29.8 Å². The van der Waals surface area contributed by atoms with Gasteiger partial charge in [0.25, 0.3) is 0 Å². The second-order valence-corrected chi connectivity index (χ2v) is 5.77. The van der Waals surface area contributed by atoms with Crippen LogP contribution >= 0.6 is 0 Å². The molecule has 1 aromatic rings. The number of hydrogen-bond acceptors (Lipinski definition) is 4. The van der Waals surface area contributed by atoms with Crippen molar-refractivity contribution in [2.45, 2.75) is 38.5 Å². The van der Waals surface area contributed by atoms with Gasteiger partial charge in [0.05, 0.1) is 18.8 Å². The third-order valence-corrected chi connectivity index (χ3v) is 3.07. The van der Waals surface area contributed by atoms with Gasteiger partial charge < -0.3 is 15.6 Å². The van der Waals surface area contributed by atoms with Gasteiger partial charge in [0.15, 0.2) is 0 Å². The van der Waals surface area contributed by atoms with Gasteiger partial charge in [-0.25, -0.2) is 0 Å². The van der Waals surface area contributed by atoms with E-state index in [1.54, 1.807) is 21.0 Å². The molecule has 0 aliphatic carbocycles. The second-order valence-electron chi connectivity index (χ2n) is 5.77. The van der Waals surface area contributed by atoms with E-state index in [1.807, 2.05) is 38.2 Å². The van der Waals surface area contributed by atoms with E-state index in [1.165, 1.54) is 0 Å². The van der Waals surface area contributed by atoms with Crippen LogP contribution in [0.3, 0.4) is 0 Å². The molecule has 2 atom stereocenters. The number of likely N-dealkylation sites (N-methyl/N-ethyl adjacent to an activating group) is 1. The van der Waals surface area contributed by atoms with Gasteiger partial charge in [-0.1, -0.05) is 18.2 Å². The fraction of sp³-hybridized carbons (Fsp3) is 0.600. The number of para-hydroxylation sites is 1. The Labute approximate surface area is 116 Å². The quantitative estimate of drug-likeness (QED) is 0.824. The summed E-state index contributed by atoms with van der Waals surface area (Å²) < 4.78 is 5.41. The molecule has 1 aromatic carbocycles. The summed E-state index contributed by atoms with van der Waals surface area (Å²) >= 11 is 0. The van der Waals surface area contributed by atoms with Crippen LogP contribution in [0.25, 0.3) is 0 Å². The summed E-state index contributed by atoms with van der Waals surface area (Å²) in [6.45, 7) is 6.10. The predicted molar refractivity (Wildman–Crippen MR) is 78.3 cm³/mol. The first-order chi connectivity index (χ1) is 8.76. The van der Waals surface area contributed by atoms with Gasteiger partial charge in [0.2, 0.25) is 0 Å². The number of methoxy groups -OCH3 is 1. The van der Waals surface area contributed by atoms with Gasteiger partial charge in [0, 0.05) is 18.2 Å². The molecule has 0 aliphatic heterocycles. The van der Waals surface area contributed by atoms with Crippen molar-refractivity contribution >= 4 is 0 Å². The zero-order valence-corrected chi connectivity index (χ0v) is 12.6. The largest absolute Gasteiger partial charge is 0.496 e. The molecule has 1 rings (SSSR count). The lowest BCUT2D eigenvalue weighted by atomic mass is 9.97. The van der Waals surface area contributed by atoms with Crippen LogP contribution in [0.15, 0.2) is 24.3 Å². The highest BCUT2D eigenvalue weighted by Gasteiger charge is 2.27. The Morgan fingerprint density at radius 1 is 1.37 bits per heavy atom. The number of benzene rings is 1. The molecular formula is C15H26N2O2. The van der Waals surface area contributed by atoms with E-state index in [0.717, 1.165) is 11.3 Å². The van der Waals surface area contributed by atoms with Crippen molar-refractivity contribution in [3.63, 3.8) is 0 Å². The first kappa shape index (κ1) is 16.0. The number of rotatable bonds is 6. The third-order valence-electron chi connectivity index (χ3n) is 3.07. The molecule has 0 aliphatic rings. The lowest BCUT2D eigenvalue weighted by Crippen LogP contribution is -2.44. The predicted octanol–water partition coefficient (Wildman–Crippen LogP) is 1.79. The highest BCUT2D eigenvalue weighted by Crippen LogP contribution is 2.31. The van der Waals surface area contributed by atoms with Gasteiger partial charge in [-0.2, -0.15) is 0 Å².